The van der Waals surface area contributed by atoms with E-state index in [1.54, 1.807) is 0 Å². The lowest BCUT2D eigenvalue weighted by Crippen LogP contribution is -2.17. The van der Waals surface area contributed by atoms with Crippen LogP contribution in [0.3, 0.4) is 0 Å². The van der Waals surface area contributed by atoms with Gasteiger partial charge in [0.05, 0.1) is 17.5 Å². The summed E-state index contributed by atoms with van der Waals surface area (Å²) in [5.74, 6) is -1.40. The van der Waals surface area contributed by atoms with Crippen molar-refractivity contribution in [2.75, 3.05) is 10.6 Å². The van der Waals surface area contributed by atoms with Crippen LogP contribution in [0.15, 0.2) is 36.4 Å². The number of hydrogen-bond donors (Lipinski definition) is 2. The molecule has 3 rings (SSSR count). The molecule has 10 heteroatoms. The Morgan fingerprint density at radius 3 is 2.07 bits per heavy atom. The van der Waals surface area contributed by atoms with Crippen molar-refractivity contribution in [2.45, 2.75) is 18.8 Å². The Balaban J connectivity index is 1.92. The summed E-state index contributed by atoms with van der Waals surface area (Å²) in [5.41, 5.74) is -2.72. The van der Waals surface area contributed by atoms with Crippen molar-refractivity contribution < 1.29 is 35.9 Å². The fourth-order valence-corrected chi connectivity index (χ4v) is 2.60. The molecule has 1 heterocycles. The zero-order valence-electron chi connectivity index (χ0n) is 13.3. The van der Waals surface area contributed by atoms with Crippen LogP contribution in [-0.4, -0.2) is 11.8 Å². The number of amides is 2. The Hall–Kier alpha value is -3.04. The van der Waals surface area contributed by atoms with Gasteiger partial charge in [-0.15, -0.1) is 0 Å². The first-order valence-corrected chi connectivity index (χ1v) is 7.47. The highest BCUT2D eigenvalue weighted by molar-refractivity contribution is 6.05. The molecule has 142 valence electrons. The highest BCUT2D eigenvalue weighted by Crippen LogP contribution is 2.36. The van der Waals surface area contributed by atoms with Crippen LogP contribution in [0.5, 0.6) is 0 Å². The molecule has 2 N–H and O–H groups in total. The molecule has 0 spiro atoms. The van der Waals surface area contributed by atoms with Crippen LogP contribution in [0, 0.1) is 0 Å². The Morgan fingerprint density at radius 1 is 0.926 bits per heavy atom. The van der Waals surface area contributed by atoms with Crippen molar-refractivity contribution in [1.29, 1.82) is 0 Å². The summed E-state index contributed by atoms with van der Waals surface area (Å²) in [4.78, 5) is 23.5. The highest BCUT2D eigenvalue weighted by atomic mass is 19.4. The van der Waals surface area contributed by atoms with E-state index in [4.69, 9.17) is 0 Å². The number of carbonyl (C=O) groups is 2. The number of fused-ring (bicyclic) bond motifs is 1. The van der Waals surface area contributed by atoms with Crippen LogP contribution in [0.1, 0.15) is 27.0 Å². The molecule has 1 aliphatic heterocycles. The maximum absolute atomic E-state index is 12.9. The molecule has 1 aliphatic rings. The Bertz CT molecular complexity index is 902. The summed E-state index contributed by atoms with van der Waals surface area (Å²) >= 11 is 0. The van der Waals surface area contributed by atoms with Crippen molar-refractivity contribution in [1.82, 2.24) is 0 Å². The lowest BCUT2D eigenvalue weighted by Gasteiger charge is -2.14. The number of nitrogens with one attached hydrogen (secondary N) is 2. The standard InChI is InChI=1S/C17H10F6N2O2/c18-16(19,20)10-3-9(4-11(7-10)17(21,22)23)15(27)24-12-1-2-13-8(5-12)6-14(26)25-13/h1-5,7H,6H2,(H,24,27)(H,25,26). The van der Waals surface area contributed by atoms with E-state index < -0.39 is 35.0 Å². The van der Waals surface area contributed by atoms with Crippen LogP contribution in [-0.2, 0) is 23.6 Å². The first-order valence-electron chi connectivity index (χ1n) is 7.47. The average molecular weight is 388 g/mol. The summed E-state index contributed by atoms with van der Waals surface area (Å²) in [6.07, 6.45) is -10.0. The average Bonchev–Trinajstić information content (AvgIpc) is 2.92. The maximum Gasteiger partial charge on any atom is 0.416 e. The minimum Gasteiger partial charge on any atom is -0.326 e. The zero-order chi connectivity index (χ0) is 20.0. The van der Waals surface area contributed by atoms with Crippen LogP contribution in [0.25, 0.3) is 0 Å². The van der Waals surface area contributed by atoms with E-state index in [-0.39, 0.29) is 24.1 Å². The molecule has 0 aromatic heterocycles. The van der Waals surface area contributed by atoms with Gasteiger partial charge in [-0.3, -0.25) is 9.59 Å². The van der Waals surface area contributed by atoms with Crippen molar-refractivity contribution in [3.8, 4) is 0 Å². The lowest BCUT2D eigenvalue weighted by molar-refractivity contribution is -0.143. The first kappa shape index (κ1) is 18.7. The van der Waals surface area contributed by atoms with E-state index in [2.05, 4.69) is 10.6 Å². The van der Waals surface area contributed by atoms with Gasteiger partial charge in [0.15, 0.2) is 0 Å². The van der Waals surface area contributed by atoms with E-state index in [0.717, 1.165) is 0 Å². The summed E-state index contributed by atoms with van der Waals surface area (Å²) in [7, 11) is 0. The van der Waals surface area contributed by atoms with Gasteiger partial charge in [0, 0.05) is 16.9 Å². The van der Waals surface area contributed by atoms with Gasteiger partial charge in [-0.05, 0) is 42.0 Å². The van der Waals surface area contributed by atoms with Crippen LogP contribution in [0.4, 0.5) is 37.7 Å². The van der Waals surface area contributed by atoms with Gasteiger partial charge in [-0.1, -0.05) is 0 Å². The fraction of sp³-hybridized carbons (Fsp3) is 0.176. The van der Waals surface area contributed by atoms with E-state index in [1.165, 1.54) is 18.2 Å². The molecule has 0 aliphatic carbocycles. The number of benzene rings is 2. The Labute approximate surface area is 148 Å². The van der Waals surface area contributed by atoms with Crippen molar-refractivity contribution in [2.24, 2.45) is 0 Å². The quantitative estimate of drug-likeness (QED) is 0.746. The fourth-order valence-electron chi connectivity index (χ4n) is 2.60. The van der Waals surface area contributed by atoms with Crippen molar-refractivity contribution >= 4 is 23.2 Å². The minimum absolute atomic E-state index is 0.0521. The van der Waals surface area contributed by atoms with E-state index in [1.807, 2.05) is 0 Å². The van der Waals surface area contributed by atoms with Gasteiger partial charge in [0.1, 0.15) is 0 Å². The monoisotopic (exact) mass is 388 g/mol. The second-order valence-corrected chi connectivity index (χ2v) is 5.85. The van der Waals surface area contributed by atoms with E-state index in [0.29, 0.717) is 23.4 Å². The molecule has 0 unspecified atom stereocenters. The molecular formula is C17H10F6N2O2. The third kappa shape index (κ3) is 4.04. The molecule has 0 fully saturated rings. The molecule has 0 saturated carbocycles. The molecule has 2 aromatic carbocycles. The molecule has 4 nitrogen and oxygen atoms in total. The number of hydrogen-bond acceptors (Lipinski definition) is 2. The van der Waals surface area contributed by atoms with Crippen LogP contribution >= 0.6 is 0 Å². The molecular weight excluding hydrogens is 378 g/mol. The number of alkyl halides is 6. The molecule has 0 atom stereocenters. The summed E-state index contributed by atoms with van der Waals surface area (Å²) in [6.45, 7) is 0. The summed E-state index contributed by atoms with van der Waals surface area (Å²) < 4.78 is 77.3. The summed E-state index contributed by atoms with van der Waals surface area (Å²) in [5, 5.41) is 4.80. The normalized spacial score (nSPS) is 13.9. The van der Waals surface area contributed by atoms with Crippen molar-refractivity contribution in [3.05, 3.63) is 58.7 Å². The first-order chi connectivity index (χ1) is 12.4. The Kier molecular flexibility index (Phi) is 4.37. The predicted octanol–water partition coefficient (Wildman–Crippen LogP) is 4.47. The van der Waals surface area contributed by atoms with Crippen LogP contribution in [0.2, 0.25) is 0 Å². The predicted molar refractivity (Wildman–Crippen MR) is 83.2 cm³/mol. The van der Waals surface area contributed by atoms with Gasteiger partial charge < -0.3 is 10.6 Å². The van der Waals surface area contributed by atoms with Gasteiger partial charge >= 0.3 is 12.4 Å². The minimum atomic E-state index is -5.05. The third-order valence-corrected chi connectivity index (χ3v) is 3.84. The van der Waals surface area contributed by atoms with Gasteiger partial charge in [-0.25, -0.2) is 0 Å². The second-order valence-electron chi connectivity index (χ2n) is 5.85. The van der Waals surface area contributed by atoms with E-state index in [9.17, 15) is 35.9 Å². The topological polar surface area (TPSA) is 58.2 Å². The van der Waals surface area contributed by atoms with Crippen molar-refractivity contribution in [3.63, 3.8) is 0 Å². The lowest BCUT2D eigenvalue weighted by atomic mass is 10.0. The number of rotatable bonds is 2. The highest BCUT2D eigenvalue weighted by Gasteiger charge is 2.37. The third-order valence-electron chi connectivity index (χ3n) is 3.84. The van der Waals surface area contributed by atoms with Crippen LogP contribution < -0.4 is 10.6 Å². The Morgan fingerprint density at radius 2 is 1.52 bits per heavy atom. The van der Waals surface area contributed by atoms with E-state index >= 15 is 0 Å². The second kappa shape index (κ2) is 6.29. The number of carbonyl (C=O) groups excluding carboxylic acids is 2. The molecule has 0 bridgehead atoms. The van der Waals surface area contributed by atoms with Gasteiger partial charge in [0.2, 0.25) is 5.91 Å². The molecule has 0 radical (unpaired) electrons. The maximum atomic E-state index is 12.9. The van der Waals surface area contributed by atoms with Gasteiger partial charge in [0.25, 0.3) is 5.91 Å². The molecule has 2 amide bonds. The zero-order valence-corrected chi connectivity index (χ0v) is 13.3. The molecule has 27 heavy (non-hydrogen) atoms. The van der Waals surface area contributed by atoms with Gasteiger partial charge in [-0.2, -0.15) is 26.3 Å². The number of anilines is 2. The number of halogens is 6. The molecule has 2 aromatic rings. The molecule has 0 saturated heterocycles. The smallest absolute Gasteiger partial charge is 0.326 e. The SMILES string of the molecule is O=C1Cc2cc(NC(=O)c3cc(C(F)(F)F)cc(C(F)(F)F)c3)ccc2N1. The largest absolute Gasteiger partial charge is 0.416 e. The summed E-state index contributed by atoms with van der Waals surface area (Å²) in [6, 6.07) is 4.92.